The molecule has 1 unspecified atom stereocenters. The average Bonchev–Trinajstić information content (AvgIpc) is 3.23. The van der Waals surface area contributed by atoms with Gasteiger partial charge in [-0.3, -0.25) is 14.9 Å². The maximum atomic E-state index is 13.2. The van der Waals surface area contributed by atoms with E-state index in [-0.39, 0.29) is 17.2 Å². The van der Waals surface area contributed by atoms with Crippen LogP contribution in [-0.4, -0.2) is 33.5 Å². The zero-order valence-corrected chi connectivity index (χ0v) is 18.3. The predicted octanol–water partition coefficient (Wildman–Crippen LogP) is 4.08. The van der Waals surface area contributed by atoms with Gasteiger partial charge < -0.3 is 14.8 Å². The second-order valence-electron chi connectivity index (χ2n) is 8.34. The number of nitro benzene ring substituents is 1. The van der Waals surface area contributed by atoms with E-state index >= 15 is 0 Å². The molecule has 1 aromatic heterocycles. The lowest BCUT2D eigenvalue weighted by Crippen LogP contribution is -2.33. The van der Waals surface area contributed by atoms with Gasteiger partial charge in [0.25, 0.3) is 11.6 Å². The number of hydrogen-bond acceptors (Lipinski definition) is 5. The van der Waals surface area contributed by atoms with Crippen molar-refractivity contribution in [2.75, 3.05) is 18.0 Å². The number of carbonyl (C=O) groups is 1. The van der Waals surface area contributed by atoms with E-state index in [0.717, 1.165) is 31.5 Å². The van der Waals surface area contributed by atoms with E-state index < -0.39 is 11.0 Å². The number of carbonyl (C=O) groups excluding carboxylic acids is 1. The minimum atomic E-state index is -0.481. The lowest BCUT2D eigenvalue weighted by Gasteiger charge is -2.31. The summed E-state index contributed by atoms with van der Waals surface area (Å²) in [5.74, 6) is 0.915. The van der Waals surface area contributed by atoms with Gasteiger partial charge in [-0.1, -0.05) is 37.3 Å². The zero-order chi connectivity index (χ0) is 22.7. The topological polar surface area (TPSA) is 93.3 Å². The van der Waals surface area contributed by atoms with Crippen LogP contribution in [0.4, 0.5) is 11.4 Å². The molecule has 2 aromatic carbocycles. The summed E-state index contributed by atoms with van der Waals surface area (Å²) >= 11 is 0. The molecule has 3 aromatic rings. The molecule has 8 nitrogen and oxygen atoms in total. The summed E-state index contributed by atoms with van der Waals surface area (Å²) in [5, 5.41) is 14.8. The lowest BCUT2D eigenvalue weighted by molar-refractivity contribution is -0.384. The number of benzene rings is 2. The van der Waals surface area contributed by atoms with Crippen LogP contribution >= 0.6 is 0 Å². The third-order valence-electron chi connectivity index (χ3n) is 6.08. The summed E-state index contributed by atoms with van der Waals surface area (Å²) in [7, 11) is 1.86. The second-order valence-corrected chi connectivity index (χ2v) is 8.34. The van der Waals surface area contributed by atoms with E-state index in [1.54, 1.807) is 18.3 Å². The van der Waals surface area contributed by atoms with Crippen LogP contribution in [0.5, 0.6) is 0 Å². The highest BCUT2D eigenvalue weighted by Crippen LogP contribution is 2.32. The Hall–Kier alpha value is -3.68. The molecule has 0 aliphatic carbocycles. The standard InChI is InChI=1S/C24H27N5O3/c1-17-10-13-28(14-11-17)20-9-8-19(16-21(20)29(31)32)24(30)26-22(18-6-4-3-5-7-18)23-25-12-15-27(23)2/h3-9,12,15-17,22H,10-11,13-14H2,1-2H3,(H,26,30). The third-order valence-corrected chi connectivity index (χ3v) is 6.08. The lowest BCUT2D eigenvalue weighted by atomic mass is 9.98. The summed E-state index contributed by atoms with van der Waals surface area (Å²) in [6.07, 6.45) is 5.50. The van der Waals surface area contributed by atoms with Gasteiger partial charge in [0.2, 0.25) is 0 Å². The molecule has 2 heterocycles. The van der Waals surface area contributed by atoms with E-state index in [9.17, 15) is 14.9 Å². The number of piperidine rings is 1. The van der Waals surface area contributed by atoms with Crippen LogP contribution in [0.25, 0.3) is 0 Å². The number of rotatable bonds is 6. The van der Waals surface area contributed by atoms with Crippen molar-refractivity contribution >= 4 is 17.3 Å². The van der Waals surface area contributed by atoms with Crippen LogP contribution in [0, 0.1) is 16.0 Å². The van der Waals surface area contributed by atoms with Gasteiger partial charge in [0.1, 0.15) is 17.6 Å². The fourth-order valence-corrected chi connectivity index (χ4v) is 4.14. The summed E-state index contributed by atoms with van der Waals surface area (Å²) in [6, 6.07) is 13.8. The fourth-order valence-electron chi connectivity index (χ4n) is 4.14. The molecule has 1 amide bonds. The molecular weight excluding hydrogens is 406 g/mol. The van der Waals surface area contributed by atoms with Crippen LogP contribution in [0.2, 0.25) is 0 Å². The van der Waals surface area contributed by atoms with Crippen LogP contribution < -0.4 is 10.2 Å². The van der Waals surface area contributed by atoms with Gasteiger partial charge >= 0.3 is 0 Å². The number of anilines is 1. The Balaban J connectivity index is 1.62. The van der Waals surface area contributed by atoms with Crippen molar-refractivity contribution in [1.82, 2.24) is 14.9 Å². The Morgan fingerprint density at radius 3 is 2.53 bits per heavy atom. The van der Waals surface area contributed by atoms with E-state index in [1.165, 1.54) is 6.07 Å². The Labute approximate surface area is 187 Å². The fraction of sp³-hybridized carbons (Fsp3) is 0.333. The minimum absolute atomic E-state index is 0.0412. The summed E-state index contributed by atoms with van der Waals surface area (Å²) < 4.78 is 1.85. The number of aryl methyl sites for hydroxylation is 1. The largest absolute Gasteiger partial charge is 0.366 e. The Morgan fingerprint density at radius 2 is 1.91 bits per heavy atom. The van der Waals surface area contributed by atoms with Crippen molar-refractivity contribution in [2.24, 2.45) is 13.0 Å². The second kappa shape index (κ2) is 9.21. The van der Waals surface area contributed by atoms with Crippen molar-refractivity contribution in [3.63, 3.8) is 0 Å². The van der Waals surface area contributed by atoms with Crippen LogP contribution in [0.1, 0.15) is 47.6 Å². The van der Waals surface area contributed by atoms with Crippen molar-refractivity contribution < 1.29 is 9.72 Å². The molecule has 1 saturated heterocycles. The van der Waals surface area contributed by atoms with Crippen LogP contribution in [0.3, 0.4) is 0 Å². The first kappa shape index (κ1) is 21.5. The van der Waals surface area contributed by atoms with Gasteiger partial charge in [0.15, 0.2) is 0 Å². The molecule has 0 radical (unpaired) electrons. The predicted molar refractivity (Wildman–Crippen MR) is 123 cm³/mol. The number of nitro groups is 1. The first-order valence-electron chi connectivity index (χ1n) is 10.8. The molecule has 0 bridgehead atoms. The third kappa shape index (κ3) is 4.49. The highest BCUT2D eigenvalue weighted by Gasteiger charge is 2.26. The van der Waals surface area contributed by atoms with Gasteiger partial charge in [-0.05, 0) is 36.5 Å². The molecule has 1 aliphatic rings. The van der Waals surface area contributed by atoms with Gasteiger partial charge in [-0.15, -0.1) is 0 Å². The van der Waals surface area contributed by atoms with Gasteiger partial charge in [-0.25, -0.2) is 4.98 Å². The normalized spacial score (nSPS) is 15.4. The highest BCUT2D eigenvalue weighted by molar-refractivity contribution is 5.96. The highest BCUT2D eigenvalue weighted by atomic mass is 16.6. The quantitative estimate of drug-likeness (QED) is 0.467. The number of nitrogens with one attached hydrogen (secondary N) is 1. The monoisotopic (exact) mass is 433 g/mol. The summed E-state index contributed by atoms with van der Waals surface area (Å²) in [5.41, 5.74) is 1.66. The van der Waals surface area contributed by atoms with Gasteiger partial charge in [0, 0.05) is 44.2 Å². The number of amides is 1. The summed E-state index contributed by atoms with van der Waals surface area (Å²) in [4.78, 5) is 31.0. The molecule has 1 N–H and O–H groups in total. The molecule has 0 spiro atoms. The Morgan fingerprint density at radius 1 is 1.19 bits per heavy atom. The Kier molecular flexibility index (Phi) is 6.20. The van der Waals surface area contributed by atoms with E-state index in [2.05, 4.69) is 17.2 Å². The molecule has 4 rings (SSSR count). The number of aromatic nitrogens is 2. The van der Waals surface area contributed by atoms with Gasteiger partial charge in [-0.2, -0.15) is 0 Å². The summed E-state index contributed by atoms with van der Waals surface area (Å²) in [6.45, 7) is 3.76. The molecule has 166 valence electrons. The van der Waals surface area contributed by atoms with E-state index in [0.29, 0.717) is 17.4 Å². The van der Waals surface area contributed by atoms with Gasteiger partial charge in [0.05, 0.1) is 4.92 Å². The zero-order valence-electron chi connectivity index (χ0n) is 18.3. The number of hydrogen-bond donors (Lipinski definition) is 1. The first-order chi connectivity index (χ1) is 15.4. The van der Waals surface area contributed by atoms with E-state index in [4.69, 9.17) is 0 Å². The average molecular weight is 434 g/mol. The SMILES string of the molecule is CC1CCN(c2ccc(C(=O)NC(c3ccccc3)c3nccn3C)cc2[N+](=O)[O-])CC1. The minimum Gasteiger partial charge on any atom is -0.366 e. The van der Waals surface area contributed by atoms with Crippen molar-refractivity contribution in [3.8, 4) is 0 Å². The van der Waals surface area contributed by atoms with Crippen molar-refractivity contribution in [2.45, 2.75) is 25.8 Å². The molecule has 0 saturated carbocycles. The van der Waals surface area contributed by atoms with Crippen LogP contribution in [0.15, 0.2) is 60.9 Å². The molecule has 32 heavy (non-hydrogen) atoms. The molecule has 1 fully saturated rings. The number of imidazole rings is 1. The Bertz CT molecular complexity index is 1100. The maximum Gasteiger partial charge on any atom is 0.293 e. The number of nitrogens with zero attached hydrogens (tertiary/aromatic N) is 4. The van der Waals surface area contributed by atoms with E-state index in [1.807, 2.05) is 53.0 Å². The van der Waals surface area contributed by atoms with Crippen LogP contribution in [-0.2, 0) is 7.05 Å². The molecule has 1 aliphatic heterocycles. The molecule has 1 atom stereocenters. The molecular formula is C24H27N5O3. The van der Waals surface area contributed by atoms with Crippen molar-refractivity contribution in [3.05, 3.63) is 88.0 Å². The smallest absolute Gasteiger partial charge is 0.293 e. The van der Waals surface area contributed by atoms with Crippen molar-refractivity contribution in [1.29, 1.82) is 0 Å². The maximum absolute atomic E-state index is 13.2. The first-order valence-corrected chi connectivity index (χ1v) is 10.8. The molecule has 8 heteroatoms.